The lowest BCUT2D eigenvalue weighted by Crippen LogP contribution is -2.80. The van der Waals surface area contributed by atoms with Crippen molar-refractivity contribution in [1.82, 2.24) is 14.4 Å². The molecule has 11 rings (SSSR count). The Hall–Kier alpha value is -7.34. The molecule has 5 heteroatoms. The van der Waals surface area contributed by atoms with Gasteiger partial charge in [-0.05, 0) is 72.3 Å². The van der Waals surface area contributed by atoms with Gasteiger partial charge in [-0.15, -0.1) is 0 Å². The Kier molecular flexibility index (Phi) is 7.62. The normalized spacial score (nSPS) is 17.1. The van der Waals surface area contributed by atoms with Gasteiger partial charge in [0.2, 0.25) is 12.0 Å². The maximum absolute atomic E-state index is 5.29. The van der Waals surface area contributed by atoms with E-state index in [0.29, 0.717) is 4.48 Å². The Bertz CT molecular complexity index is 2980. The molecule has 0 amide bonds. The summed E-state index contributed by atoms with van der Waals surface area (Å²) in [6.45, 7) is 0. The van der Waals surface area contributed by atoms with Gasteiger partial charge in [-0.2, -0.15) is 4.99 Å². The maximum Gasteiger partial charge on any atom is 0.283 e. The molecular weight excluding hydrogens is 695 g/mol. The van der Waals surface area contributed by atoms with E-state index in [1.54, 1.807) is 0 Å². The molecule has 9 aromatic rings. The molecule has 0 radical (unpaired) electrons. The first kappa shape index (κ1) is 33.0. The van der Waals surface area contributed by atoms with E-state index >= 15 is 0 Å². The van der Waals surface area contributed by atoms with Crippen molar-refractivity contribution in [2.45, 2.75) is 6.17 Å². The van der Waals surface area contributed by atoms with Crippen LogP contribution < -0.4 is 14.8 Å². The average molecular weight is 734 g/mol. The molecule has 8 aromatic carbocycles. The Morgan fingerprint density at radius 2 is 1.19 bits per heavy atom. The van der Waals surface area contributed by atoms with Crippen LogP contribution in [0.1, 0.15) is 22.9 Å². The molecule has 0 aliphatic carbocycles. The SMILES string of the molecule is C[N+]1(c2ccccc2)c2ccccc2-c2cc3c4ccccc4n(-c4cccc(C5N=C(c6ccccc6)NC(c6ccccc6)=[NH+]5)c4)c3c(-c3ccccc3)c21. The van der Waals surface area contributed by atoms with Gasteiger partial charge in [0.1, 0.15) is 5.69 Å². The molecule has 3 heterocycles. The van der Waals surface area contributed by atoms with Gasteiger partial charge in [0.25, 0.3) is 5.84 Å². The number of nitrogens with zero attached hydrogens (tertiary/aromatic N) is 3. The number of hydrogen-bond acceptors (Lipinski definition) is 2. The maximum atomic E-state index is 5.29. The van der Waals surface area contributed by atoms with Crippen molar-refractivity contribution in [1.29, 1.82) is 0 Å². The molecule has 1 aromatic heterocycles. The number of quaternary nitrogens is 1. The molecule has 57 heavy (non-hydrogen) atoms. The largest absolute Gasteiger partial charge is 0.308 e. The Labute approximate surface area is 331 Å². The lowest BCUT2D eigenvalue weighted by molar-refractivity contribution is -0.510. The average Bonchev–Trinajstić information content (AvgIpc) is 3.76. The minimum atomic E-state index is -0.324. The van der Waals surface area contributed by atoms with Gasteiger partial charge < -0.3 is 4.57 Å². The van der Waals surface area contributed by atoms with Crippen LogP contribution in [0, 0.1) is 0 Å². The van der Waals surface area contributed by atoms with Crippen LogP contribution in [0.4, 0.5) is 17.1 Å². The third-order valence-corrected chi connectivity index (χ3v) is 11.7. The molecule has 0 spiro atoms. The molecule has 2 N–H and O–H groups in total. The molecule has 0 bridgehead atoms. The van der Waals surface area contributed by atoms with E-state index < -0.39 is 0 Å². The lowest BCUT2D eigenvalue weighted by Gasteiger charge is -2.32. The smallest absolute Gasteiger partial charge is 0.283 e. The molecule has 2 atom stereocenters. The van der Waals surface area contributed by atoms with E-state index in [-0.39, 0.29) is 6.17 Å². The van der Waals surface area contributed by atoms with Crippen LogP contribution in [0.2, 0.25) is 0 Å². The highest BCUT2D eigenvalue weighted by Crippen LogP contribution is 2.61. The van der Waals surface area contributed by atoms with Crippen molar-refractivity contribution in [2.75, 3.05) is 7.05 Å². The van der Waals surface area contributed by atoms with Gasteiger partial charge in [0.05, 0.1) is 34.8 Å². The van der Waals surface area contributed by atoms with Gasteiger partial charge >= 0.3 is 0 Å². The summed E-state index contributed by atoms with van der Waals surface area (Å²) in [7, 11) is 2.36. The fourth-order valence-electron chi connectivity index (χ4n) is 9.12. The number of benzene rings is 8. The predicted molar refractivity (Wildman–Crippen MR) is 236 cm³/mol. The number of nitrogens with one attached hydrogen (secondary N) is 2. The highest BCUT2D eigenvalue weighted by atomic mass is 15.4. The van der Waals surface area contributed by atoms with Gasteiger partial charge in [-0.1, -0.05) is 127 Å². The summed E-state index contributed by atoms with van der Waals surface area (Å²) in [6.07, 6.45) is -0.324. The van der Waals surface area contributed by atoms with Crippen LogP contribution in [0.25, 0.3) is 49.7 Å². The first-order valence-corrected chi connectivity index (χ1v) is 19.5. The van der Waals surface area contributed by atoms with Crippen LogP contribution in [0.15, 0.2) is 205 Å². The number of para-hydroxylation sites is 3. The topological polar surface area (TPSA) is 43.3 Å². The zero-order valence-corrected chi connectivity index (χ0v) is 31.5. The lowest BCUT2D eigenvalue weighted by atomic mass is 9.94. The summed E-state index contributed by atoms with van der Waals surface area (Å²) in [5.41, 5.74) is 15.4. The molecule has 270 valence electrons. The van der Waals surface area contributed by atoms with Crippen molar-refractivity contribution < 1.29 is 4.99 Å². The molecule has 2 unspecified atom stereocenters. The summed E-state index contributed by atoms with van der Waals surface area (Å²) in [5, 5.41) is 6.06. The Morgan fingerprint density at radius 3 is 1.95 bits per heavy atom. The van der Waals surface area contributed by atoms with Gasteiger partial charge in [-0.25, -0.2) is 14.8 Å². The molecule has 2 aliphatic heterocycles. The number of fused-ring (bicyclic) bond motifs is 6. The van der Waals surface area contributed by atoms with Crippen molar-refractivity contribution >= 4 is 50.5 Å². The van der Waals surface area contributed by atoms with Crippen molar-refractivity contribution in [3.8, 4) is 27.9 Å². The van der Waals surface area contributed by atoms with E-state index in [1.807, 2.05) is 12.1 Å². The highest BCUT2D eigenvalue weighted by Gasteiger charge is 2.46. The second-order valence-electron chi connectivity index (χ2n) is 15.0. The molecule has 2 aliphatic rings. The molecule has 5 nitrogen and oxygen atoms in total. The van der Waals surface area contributed by atoms with Crippen LogP contribution in [-0.2, 0) is 0 Å². The molecule has 0 saturated heterocycles. The monoisotopic (exact) mass is 733 g/mol. The van der Waals surface area contributed by atoms with Gasteiger partial charge in [0, 0.05) is 39.2 Å². The Morgan fingerprint density at radius 1 is 0.561 bits per heavy atom. The minimum absolute atomic E-state index is 0.324. The van der Waals surface area contributed by atoms with E-state index in [0.717, 1.165) is 39.6 Å². The molecule has 0 fully saturated rings. The van der Waals surface area contributed by atoms with Crippen LogP contribution in [-0.4, -0.2) is 23.3 Å². The van der Waals surface area contributed by atoms with Crippen LogP contribution in [0.5, 0.6) is 0 Å². The van der Waals surface area contributed by atoms with Crippen LogP contribution >= 0.6 is 0 Å². The number of rotatable bonds is 6. The predicted octanol–water partition coefficient (Wildman–Crippen LogP) is 10.6. The zero-order valence-electron chi connectivity index (χ0n) is 31.5. The number of amidine groups is 2. The fourth-order valence-corrected chi connectivity index (χ4v) is 9.12. The minimum Gasteiger partial charge on any atom is -0.308 e. The summed E-state index contributed by atoms with van der Waals surface area (Å²) in [4.78, 5) is 9.04. The fraction of sp³-hybridized carbons (Fsp3) is 0.0385. The van der Waals surface area contributed by atoms with E-state index in [4.69, 9.17) is 4.99 Å². The molecule has 0 saturated carbocycles. The van der Waals surface area contributed by atoms with Crippen molar-refractivity contribution in [3.05, 3.63) is 217 Å². The van der Waals surface area contributed by atoms with Gasteiger partial charge in [-0.3, -0.25) is 0 Å². The second kappa shape index (κ2) is 13.2. The summed E-state index contributed by atoms with van der Waals surface area (Å²) in [6, 6.07) is 71.9. The molecular formula is C52H39N5+2. The standard InChI is InChI=1S/C52H38N5/c1-57(40-27-12-5-13-28-40)46-32-17-15-30-42(46)44-34-43-41-29-14-16-31-45(41)56(48(43)47(49(44)57)35-19-6-2-7-20-35)39-26-18-25-38(33-39)52-54-50(36-21-8-3-9-22-36)53-51(55-52)37-23-10-4-11-24-37/h2-34,52H,1H3,(H,53,54,55)/q+1/p+1. The highest BCUT2D eigenvalue weighted by molar-refractivity contribution is 6.21. The van der Waals surface area contributed by atoms with Crippen molar-refractivity contribution in [3.63, 3.8) is 0 Å². The van der Waals surface area contributed by atoms with E-state index in [2.05, 4.69) is 210 Å². The Balaban J connectivity index is 1.20. The third kappa shape index (κ3) is 5.21. The zero-order chi connectivity index (χ0) is 37.9. The first-order valence-electron chi connectivity index (χ1n) is 19.5. The summed E-state index contributed by atoms with van der Waals surface area (Å²) >= 11 is 0. The van der Waals surface area contributed by atoms with E-state index in [9.17, 15) is 0 Å². The van der Waals surface area contributed by atoms with Crippen molar-refractivity contribution in [2.24, 2.45) is 4.99 Å². The summed E-state index contributed by atoms with van der Waals surface area (Å²) < 4.78 is 3.04. The number of hydrogen-bond donors (Lipinski definition) is 2. The number of aliphatic imine (C=N–C) groups is 1. The number of aromatic nitrogens is 1. The summed E-state index contributed by atoms with van der Waals surface area (Å²) in [5.74, 6) is 1.76. The van der Waals surface area contributed by atoms with E-state index in [1.165, 1.54) is 55.6 Å². The first-order chi connectivity index (χ1) is 28.2. The van der Waals surface area contributed by atoms with Gasteiger partial charge in [0.15, 0.2) is 11.4 Å². The quantitative estimate of drug-likeness (QED) is 0.164. The van der Waals surface area contributed by atoms with Crippen LogP contribution in [0.3, 0.4) is 0 Å². The third-order valence-electron chi connectivity index (χ3n) is 11.7. The second-order valence-corrected chi connectivity index (χ2v) is 15.0.